The first kappa shape index (κ1) is 14.8. The molecule has 1 heterocycles. The third-order valence-electron chi connectivity index (χ3n) is 3.64. The average Bonchev–Trinajstić information content (AvgIpc) is 2.36. The van der Waals surface area contributed by atoms with Crippen LogP contribution in [-0.2, 0) is 4.79 Å². The summed E-state index contributed by atoms with van der Waals surface area (Å²) >= 11 is 0. The maximum Gasteiger partial charge on any atom is 0.326 e. The molecule has 0 aliphatic carbocycles. The van der Waals surface area contributed by atoms with Gasteiger partial charge >= 0.3 is 12.0 Å². The van der Waals surface area contributed by atoms with Crippen molar-refractivity contribution < 1.29 is 14.7 Å². The van der Waals surface area contributed by atoms with E-state index in [1.807, 2.05) is 14.1 Å². The van der Waals surface area contributed by atoms with Crippen molar-refractivity contribution in [2.45, 2.75) is 31.8 Å². The summed E-state index contributed by atoms with van der Waals surface area (Å²) in [6, 6.07) is -0.634. The molecule has 1 fully saturated rings. The molecule has 6 heteroatoms. The van der Waals surface area contributed by atoms with E-state index < -0.39 is 12.0 Å². The van der Waals surface area contributed by atoms with Gasteiger partial charge in [0.1, 0.15) is 6.04 Å². The summed E-state index contributed by atoms with van der Waals surface area (Å²) < 4.78 is 0. The SMILES string of the molecule is CC(C(=O)O)N(C)C(=O)N1CCCC(N(C)C)C1. The van der Waals surface area contributed by atoms with Gasteiger partial charge in [0.25, 0.3) is 0 Å². The van der Waals surface area contributed by atoms with Crippen LogP contribution >= 0.6 is 0 Å². The van der Waals surface area contributed by atoms with E-state index in [-0.39, 0.29) is 6.03 Å². The molecule has 2 atom stereocenters. The van der Waals surface area contributed by atoms with Crippen molar-refractivity contribution in [3.63, 3.8) is 0 Å². The fourth-order valence-corrected chi connectivity index (χ4v) is 2.10. The van der Waals surface area contributed by atoms with Crippen LogP contribution in [0.5, 0.6) is 0 Å². The highest BCUT2D eigenvalue weighted by atomic mass is 16.4. The van der Waals surface area contributed by atoms with Crippen LogP contribution in [0.15, 0.2) is 0 Å². The molecular formula is C12H23N3O3. The number of carbonyl (C=O) groups is 2. The molecule has 104 valence electrons. The van der Waals surface area contributed by atoms with Crippen LogP contribution in [0, 0.1) is 0 Å². The highest BCUT2D eigenvalue weighted by Gasteiger charge is 2.30. The van der Waals surface area contributed by atoms with Gasteiger partial charge < -0.3 is 19.8 Å². The molecule has 0 saturated carbocycles. The molecule has 1 aliphatic heterocycles. The van der Waals surface area contributed by atoms with Crippen molar-refractivity contribution in [1.29, 1.82) is 0 Å². The second kappa shape index (κ2) is 6.04. The summed E-state index contributed by atoms with van der Waals surface area (Å²) in [7, 11) is 5.55. The summed E-state index contributed by atoms with van der Waals surface area (Å²) in [4.78, 5) is 28.2. The first-order valence-corrected chi connectivity index (χ1v) is 6.25. The van der Waals surface area contributed by atoms with E-state index in [0.717, 1.165) is 12.8 Å². The van der Waals surface area contributed by atoms with Gasteiger partial charge in [-0.25, -0.2) is 9.59 Å². The van der Waals surface area contributed by atoms with E-state index >= 15 is 0 Å². The van der Waals surface area contributed by atoms with Crippen molar-refractivity contribution in [1.82, 2.24) is 14.7 Å². The molecule has 1 N–H and O–H groups in total. The third-order valence-corrected chi connectivity index (χ3v) is 3.64. The van der Waals surface area contributed by atoms with Crippen molar-refractivity contribution in [2.75, 3.05) is 34.2 Å². The monoisotopic (exact) mass is 257 g/mol. The molecule has 1 rings (SSSR count). The van der Waals surface area contributed by atoms with E-state index in [1.54, 1.807) is 11.9 Å². The molecule has 1 saturated heterocycles. The van der Waals surface area contributed by atoms with Gasteiger partial charge in [0.05, 0.1) is 0 Å². The molecule has 0 aromatic rings. The van der Waals surface area contributed by atoms with E-state index in [2.05, 4.69) is 4.90 Å². The zero-order valence-electron chi connectivity index (χ0n) is 11.6. The van der Waals surface area contributed by atoms with E-state index in [9.17, 15) is 9.59 Å². The van der Waals surface area contributed by atoms with Gasteiger partial charge in [-0.15, -0.1) is 0 Å². The number of carboxylic acid groups (broad SMARTS) is 1. The quantitative estimate of drug-likeness (QED) is 0.801. The molecule has 0 radical (unpaired) electrons. The molecule has 1 aliphatic rings. The number of aliphatic carboxylic acids is 1. The highest BCUT2D eigenvalue weighted by molar-refractivity contribution is 5.82. The van der Waals surface area contributed by atoms with Crippen LogP contribution in [0.4, 0.5) is 4.79 Å². The molecule has 6 nitrogen and oxygen atoms in total. The molecule has 0 aromatic heterocycles. The Balaban J connectivity index is 2.63. The van der Waals surface area contributed by atoms with Crippen LogP contribution in [0.1, 0.15) is 19.8 Å². The van der Waals surface area contributed by atoms with Gasteiger partial charge in [0.2, 0.25) is 0 Å². The van der Waals surface area contributed by atoms with Crippen LogP contribution in [0.3, 0.4) is 0 Å². The fraction of sp³-hybridized carbons (Fsp3) is 0.833. The first-order chi connectivity index (χ1) is 8.34. The number of carboxylic acids is 1. The maximum atomic E-state index is 12.2. The minimum Gasteiger partial charge on any atom is -0.480 e. The van der Waals surface area contributed by atoms with Crippen LogP contribution in [0.2, 0.25) is 0 Å². The number of amides is 2. The summed E-state index contributed by atoms with van der Waals surface area (Å²) in [5, 5.41) is 8.92. The summed E-state index contributed by atoms with van der Waals surface area (Å²) in [5.41, 5.74) is 0. The fourth-order valence-electron chi connectivity index (χ4n) is 2.10. The molecule has 0 bridgehead atoms. The first-order valence-electron chi connectivity index (χ1n) is 6.25. The minimum atomic E-state index is -0.980. The molecule has 0 spiro atoms. The second-order valence-corrected chi connectivity index (χ2v) is 5.11. The van der Waals surface area contributed by atoms with Crippen LogP contribution in [0.25, 0.3) is 0 Å². The Morgan fingerprint density at radius 1 is 1.33 bits per heavy atom. The number of hydrogen-bond donors (Lipinski definition) is 1. The largest absolute Gasteiger partial charge is 0.480 e. The lowest BCUT2D eigenvalue weighted by atomic mass is 10.1. The van der Waals surface area contributed by atoms with Gasteiger partial charge in [-0.1, -0.05) is 0 Å². The van der Waals surface area contributed by atoms with Gasteiger partial charge in [-0.05, 0) is 33.9 Å². The third kappa shape index (κ3) is 3.35. The Morgan fingerprint density at radius 3 is 2.44 bits per heavy atom. The number of hydrogen-bond acceptors (Lipinski definition) is 3. The van der Waals surface area contributed by atoms with E-state index in [4.69, 9.17) is 5.11 Å². The summed E-state index contributed by atoms with van der Waals surface area (Å²) in [6.07, 6.45) is 2.04. The normalized spacial score (nSPS) is 21.8. The van der Waals surface area contributed by atoms with Crippen LogP contribution < -0.4 is 0 Å². The van der Waals surface area contributed by atoms with Gasteiger partial charge in [0, 0.05) is 26.2 Å². The topological polar surface area (TPSA) is 64.1 Å². The Bertz CT molecular complexity index is 320. The number of urea groups is 1. The number of rotatable bonds is 3. The van der Waals surface area contributed by atoms with E-state index in [0.29, 0.717) is 19.1 Å². The van der Waals surface area contributed by atoms with Crippen LogP contribution in [-0.4, -0.2) is 78.1 Å². The summed E-state index contributed by atoms with van der Waals surface area (Å²) in [6.45, 7) is 2.90. The number of likely N-dealkylation sites (tertiary alicyclic amines) is 1. The van der Waals surface area contributed by atoms with E-state index in [1.165, 1.54) is 11.8 Å². The molecule has 18 heavy (non-hydrogen) atoms. The van der Waals surface area contributed by atoms with Gasteiger partial charge in [-0.2, -0.15) is 0 Å². The lowest BCUT2D eigenvalue weighted by molar-refractivity contribution is -0.141. The zero-order chi connectivity index (χ0) is 13.9. The van der Waals surface area contributed by atoms with Gasteiger partial charge in [0.15, 0.2) is 0 Å². The minimum absolute atomic E-state index is 0.198. The smallest absolute Gasteiger partial charge is 0.326 e. The molecule has 0 aromatic carbocycles. The lowest BCUT2D eigenvalue weighted by Crippen LogP contribution is -2.53. The molecule has 2 amide bonds. The predicted molar refractivity (Wildman–Crippen MR) is 68.5 cm³/mol. The Labute approximate surface area is 108 Å². The maximum absolute atomic E-state index is 12.2. The van der Waals surface area contributed by atoms with Crippen molar-refractivity contribution in [3.8, 4) is 0 Å². The predicted octanol–water partition coefficient (Wildman–Crippen LogP) is 0.537. The highest BCUT2D eigenvalue weighted by Crippen LogP contribution is 2.15. The van der Waals surface area contributed by atoms with Crippen molar-refractivity contribution in [3.05, 3.63) is 0 Å². The Morgan fingerprint density at radius 2 is 1.94 bits per heavy atom. The molecule has 2 unspecified atom stereocenters. The number of nitrogens with zero attached hydrogens (tertiary/aromatic N) is 3. The summed E-state index contributed by atoms with van der Waals surface area (Å²) in [5.74, 6) is -0.980. The number of likely N-dealkylation sites (N-methyl/N-ethyl adjacent to an activating group) is 2. The average molecular weight is 257 g/mol. The lowest BCUT2D eigenvalue weighted by Gasteiger charge is -2.38. The Hall–Kier alpha value is -1.30. The number of carbonyl (C=O) groups excluding carboxylic acids is 1. The standard InChI is InChI=1S/C12H23N3O3/c1-9(11(16)17)14(4)12(18)15-7-5-6-10(8-15)13(2)3/h9-10H,5-8H2,1-4H3,(H,16,17). The van der Waals surface area contributed by atoms with Gasteiger partial charge in [-0.3, -0.25) is 0 Å². The zero-order valence-corrected chi connectivity index (χ0v) is 11.6. The molecular weight excluding hydrogens is 234 g/mol. The number of piperidine rings is 1. The van der Waals surface area contributed by atoms with Crippen molar-refractivity contribution >= 4 is 12.0 Å². The Kier molecular flexibility index (Phi) is 4.95. The van der Waals surface area contributed by atoms with Crippen molar-refractivity contribution in [2.24, 2.45) is 0 Å². The second-order valence-electron chi connectivity index (χ2n) is 5.11.